The normalized spacial score (nSPS) is 15.2. The molecule has 204 valence electrons. The summed E-state index contributed by atoms with van der Waals surface area (Å²) in [7, 11) is 0. The van der Waals surface area contributed by atoms with Crippen molar-refractivity contribution < 1.29 is 9.18 Å². The molecular weight excluding hydrogens is 519 g/mol. The Labute approximate surface area is 235 Å². The van der Waals surface area contributed by atoms with E-state index in [9.17, 15) is 4.79 Å². The maximum Gasteiger partial charge on any atom is 0.227 e. The van der Waals surface area contributed by atoms with Crippen LogP contribution in [0, 0.1) is 11.7 Å². The number of nitrogens with zero attached hydrogens (tertiary/aromatic N) is 5. The number of pyridine rings is 3. The second kappa shape index (κ2) is 10.5. The van der Waals surface area contributed by atoms with Gasteiger partial charge in [-0.2, -0.15) is 0 Å². The summed E-state index contributed by atoms with van der Waals surface area (Å²) >= 11 is 0. The highest BCUT2D eigenvalue weighted by Gasteiger charge is 2.26. The molecule has 3 N–H and O–H groups in total. The summed E-state index contributed by atoms with van der Waals surface area (Å²) in [5.41, 5.74) is 5.83. The molecule has 1 fully saturated rings. The van der Waals surface area contributed by atoms with Gasteiger partial charge < -0.3 is 15.6 Å². The van der Waals surface area contributed by atoms with Crippen LogP contribution in [0.4, 0.5) is 15.8 Å². The van der Waals surface area contributed by atoms with Crippen molar-refractivity contribution >= 4 is 34.2 Å². The van der Waals surface area contributed by atoms with Crippen LogP contribution in [0.15, 0.2) is 72.4 Å². The minimum atomic E-state index is -0.452. The van der Waals surface area contributed by atoms with E-state index in [1.54, 1.807) is 43.1 Å². The third kappa shape index (κ3) is 4.71. The van der Waals surface area contributed by atoms with Crippen LogP contribution in [0.3, 0.4) is 0 Å². The van der Waals surface area contributed by atoms with E-state index in [2.05, 4.69) is 40.5 Å². The van der Waals surface area contributed by atoms with E-state index < -0.39 is 5.82 Å². The number of halogens is 1. The molecule has 1 aromatic carbocycles. The van der Waals surface area contributed by atoms with Crippen LogP contribution in [-0.2, 0) is 4.79 Å². The van der Waals surface area contributed by atoms with E-state index in [0.29, 0.717) is 45.2 Å². The molecule has 5 aromatic rings. The van der Waals surface area contributed by atoms with Crippen LogP contribution in [0.5, 0.6) is 0 Å². The van der Waals surface area contributed by atoms with Gasteiger partial charge >= 0.3 is 0 Å². The number of benzene rings is 1. The smallest absolute Gasteiger partial charge is 0.227 e. The third-order valence-corrected chi connectivity index (χ3v) is 7.77. The van der Waals surface area contributed by atoms with Crippen molar-refractivity contribution in [3.63, 3.8) is 0 Å². The molecule has 1 aliphatic heterocycles. The highest BCUT2D eigenvalue weighted by atomic mass is 19.1. The number of fused-ring (bicyclic) bond motifs is 2. The Balaban J connectivity index is 1.24. The fraction of sp³-hybridized carbons (Fsp3) is 0.226. The molecule has 7 rings (SSSR count). The van der Waals surface area contributed by atoms with Crippen molar-refractivity contribution in [3.8, 4) is 22.3 Å². The van der Waals surface area contributed by atoms with Crippen LogP contribution in [-0.4, -0.2) is 43.2 Å². The number of aromatic nitrogens is 5. The molecule has 5 heterocycles. The van der Waals surface area contributed by atoms with Crippen LogP contribution in [0.2, 0.25) is 0 Å². The third-order valence-electron chi connectivity index (χ3n) is 7.77. The predicted octanol–water partition coefficient (Wildman–Crippen LogP) is 5.96. The molecular formula is C31H27FN8O. The molecule has 4 aromatic heterocycles. The summed E-state index contributed by atoms with van der Waals surface area (Å²) in [5, 5.41) is 6.15. The summed E-state index contributed by atoms with van der Waals surface area (Å²) in [4.78, 5) is 38.4. The Hall–Kier alpha value is -4.99. The Kier molecular flexibility index (Phi) is 6.42. The fourth-order valence-electron chi connectivity index (χ4n) is 5.70. The molecule has 0 atom stereocenters. The van der Waals surface area contributed by atoms with Crippen molar-refractivity contribution in [2.24, 2.45) is 10.9 Å². The summed E-state index contributed by atoms with van der Waals surface area (Å²) in [6.45, 7) is 0.283. The predicted molar refractivity (Wildman–Crippen MR) is 156 cm³/mol. The van der Waals surface area contributed by atoms with E-state index >= 15 is 4.39 Å². The SMILES string of the molecule is O=C(Nc1cncc(-c2ccc3c(c2F)C(c2nc4nccc(-c5cccnc5)c4[nH]2)=NCN3)c1)C1CCCCC1. The monoisotopic (exact) mass is 546 g/mol. The number of anilines is 2. The number of aliphatic imine (C=N–C) groups is 1. The number of imidazole rings is 1. The van der Waals surface area contributed by atoms with Gasteiger partial charge in [-0.1, -0.05) is 25.3 Å². The second-order valence-electron chi connectivity index (χ2n) is 10.4. The highest BCUT2D eigenvalue weighted by molar-refractivity contribution is 6.16. The minimum Gasteiger partial charge on any atom is -0.366 e. The number of carbonyl (C=O) groups excluding carboxylic acids is 1. The molecule has 10 heteroatoms. The molecule has 0 radical (unpaired) electrons. The largest absolute Gasteiger partial charge is 0.366 e. The second-order valence-corrected chi connectivity index (χ2v) is 10.4. The van der Waals surface area contributed by atoms with Crippen LogP contribution in [0.25, 0.3) is 33.4 Å². The Morgan fingerprint density at radius 1 is 0.951 bits per heavy atom. The van der Waals surface area contributed by atoms with Crippen molar-refractivity contribution in [2.75, 3.05) is 17.3 Å². The molecule has 0 unspecified atom stereocenters. The highest BCUT2D eigenvalue weighted by Crippen LogP contribution is 2.35. The first-order chi connectivity index (χ1) is 20.2. The molecule has 1 amide bonds. The summed E-state index contributed by atoms with van der Waals surface area (Å²) < 4.78 is 16.4. The van der Waals surface area contributed by atoms with E-state index in [4.69, 9.17) is 0 Å². The fourth-order valence-corrected chi connectivity index (χ4v) is 5.70. The van der Waals surface area contributed by atoms with Gasteiger partial charge in [-0.05, 0) is 43.2 Å². The van der Waals surface area contributed by atoms with Crippen molar-refractivity contribution in [1.29, 1.82) is 0 Å². The lowest BCUT2D eigenvalue weighted by atomic mass is 9.88. The number of aromatic amines is 1. The first-order valence-electron chi connectivity index (χ1n) is 13.8. The number of amides is 1. The average molecular weight is 547 g/mol. The number of hydrogen-bond donors (Lipinski definition) is 3. The number of carbonyl (C=O) groups is 1. The van der Waals surface area contributed by atoms with Crippen LogP contribution < -0.4 is 10.6 Å². The zero-order valence-electron chi connectivity index (χ0n) is 22.2. The lowest BCUT2D eigenvalue weighted by Gasteiger charge is -2.21. The van der Waals surface area contributed by atoms with Crippen LogP contribution >= 0.6 is 0 Å². The van der Waals surface area contributed by atoms with Gasteiger partial charge in [-0.3, -0.25) is 19.8 Å². The first-order valence-corrected chi connectivity index (χ1v) is 13.8. The van der Waals surface area contributed by atoms with Gasteiger partial charge in [0.05, 0.1) is 23.0 Å². The van der Waals surface area contributed by atoms with Gasteiger partial charge in [0.15, 0.2) is 11.5 Å². The summed E-state index contributed by atoms with van der Waals surface area (Å²) in [6.07, 6.45) is 13.5. The van der Waals surface area contributed by atoms with E-state index in [0.717, 1.165) is 42.3 Å². The lowest BCUT2D eigenvalue weighted by Crippen LogP contribution is -2.24. The van der Waals surface area contributed by atoms with Gasteiger partial charge in [0.1, 0.15) is 18.2 Å². The van der Waals surface area contributed by atoms with Gasteiger partial charge in [0.2, 0.25) is 5.91 Å². The number of nitrogens with one attached hydrogen (secondary N) is 3. The Morgan fingerprint density at radius 2 is 1.83 bits per heavy atom. The molecule has 1 aliphatic carbocycles. The molecule has 41 heavy (non-hydrogen) atoms. The van der Waals surface area contributed by atoms with E-state index in [-0.39, 0.29) is 18.5 Å². The van der Waals surface area contributed by atoms with E-state index in [1.807, 2.05) is 24.3 Å². The van der Waals surface area contributed by atoms with Crippen molar-refractivity contribution in [1.82, 2.24) is 24.9 Å². The molecule has 0 saturated heterocycles. The standard InChI is InChI=1S/C31H27FN8O/c32-26-22(20-13-21(16-34-15-20)38-31(41)18-5-2-1-3-6-18)8-9-24-25(26)28(37-17-36-24)30-39-27-23(10-12-35-29(27)40-30)19-7-4-11-33-14-19/h4,7-16,18,36H,1-3,5-6,17H2,(H,38,41)(H,35,39,40). The van der Waals surface area contributed by atoms with Crippen molar-refractivity contribution in [2.45, 2.75) is 32.1 Å². The maximum absolute atomic E-state index is 16.4. The summed E-state index contributed by atoms with van der Waals surface area (Å²) in [6, 6.07) is 11.0. The molecule has 0 bridgehead atoms. The quantitative estimate of drug-likeness (QED) is 0.250. The maximum atomic E-state index is 16.4. The number of hydrogen-bond acceptors (Lipinski definition) is 7. The molecule has 9 nitrogen and oxygen atoms in total. The van der Waals surface area contributed by atoms with Gasteiger partial charge in [0, 0.05) is 58.6 Å². The molecule has 1 saturated carbocycles. The van der Waals surface area contributed by atoms with E-state index in [1.165, 1.54) is 6.42 Å². The van der Waals surface area contributed by atoms with Gasteiger partial charge in [-0.25, -0.2) is 14.4 Å². The zero-order chi connectivity index (χ0) is 27.8. The van der Waals surface area contributed by atoms with Gasteiger partial charge in [0.25, 0.3) is 0 Å². The molecule has 0 spiro atoms. The number of H-pyrrole nitrogens is 1. The first kappa shape index (κ1) is 25.0. The van der Waals surface area contributed by atoms with Gasteiger partial charge in [-0.15, -0.1) is 0 Å². The number of rotatable bonds is 5. The average Bonchev–Trinajstić information content (AvgIpc) is 3.47. The Morgan fingerprint density at radius 3 is 2.68 bits per heavy atom. The topological polar surface area (TPSA) is 121 Å². The Bertz CT molecular complexity index is 1790. The van der Waals surface area contributed by atoms with Crippen LogP contribution in [0.1, 0.15) is 43.5 Å². The van der Waals surface area contributed by atoms with Crippen molar-refractivity contribution in [3.05, 3.63) is 84.6 Å². The summed E-state index contributed by atoms with van der Waals surface area (Å²) in [5.74, 6) is -0.0202. The minimum absolute atomic E-state index is 0.00247. The zero-order valence-corrected chi connectivity index (χ0v) is 22.2. The molecule has 2 aliphatic rings. The lowest BCUT2D eigenvalue weighted by molar-refractivity contribution is -0.120.